The Kier molecular flexibility index (Phi) is 2.72. The average Bonchev–Trinajstić information content (AvgIpc) is 2.12. The second-order valence-corrected chi connectivity index (χ2v) is 4.01. The van der Waals surface area contributed by atoms with Gasteiger partial charge in [0.15, 0.2) is 0 Å². The van der Waals surface area contributed by atoms with Crippen LogP contribution in [0, 0.1) is 0 Å². The Bertz CT molecular complexity index is 116. The first-order valence-corrected chi connectivity index (χ1v) is 4.77. The molecule has 1 fully saturated rings. The predicted octanol–water partition coefficient (Wildman–Crippen LogP) is 0.838. The molecule has 0 aliphatic carbocycles. The number of aliphatic hydroxyl groups is 1. The molecule has 0 aromatic heterocycles. The van der Waals surface area contributed by atoms with Crippen molar-refractivity contribution in [3.63, 3.8) is 0 Å². The Morgan fingerprint density at radius 2 is 2.40 bits per heavy atom. The van der Waals surface area contributed by atoms with Gasteiger partial charge in [-0.1, -0.05) is 15.9 Å². The summed E-state index contributed by atoms with van der Waals surface area (Å²) in [5, 5.41) is 10.5. The molecule has 1 aliphatic rings. The maximum atomic E-state index is 9.53. The zero-order valence-corrected chi connectivity index (χ0v) is 7.89. The van der Waals surface area contributed by atoms with E-state index in [1.807, 2.05) is 6.92 Å². The van der Waals surface area contributed by atoms with Crippen LogP contribution in [0.5, 0.6) is 0 Å². The predicted molar refractivity (Wildman–Crippen MR) is 45.5 cm³/mol. The number of hydrogen-bond acceptors (Lipinski definition) is 2. The lowest BCUT2D eigenvalue weighted by Crippen LogP contribution is -2.30. The molecule has 1 N–H and O–H groups in total. The quantitative estimate of drug-likeness (QED) is 0.679. The summed E-state index contributed by atoms with van der Waals surface area (Å²) in [6.07, 6.45) is 0.917. The van der Waals surface area contributed by atoms with Crippen molar-refractivity contribution in [3.05, 3.63) is 0 Å². The highest BCUT2D eigenvalue weighted by Gasteiger charge is 2.30. The van der Waals surface area contributed by atoms with Crippen molar-refractivity contribution < 1.29 is 5.11 Å². The van der Waals surface area contributed by atoms with Crippen LogP contribution in [-0.4, -0.2) is 40.6 Å². The molecular weight excluding hydrogens is 194 g/mol. The van der Waals surface area contributed by atoms with E-state index in [0.29, 0.717) is 0 Å². The van der Waals surface area contributed by atoms with Gasteiger partial charge in [-0.3, -0.25) is 4.90 Å². The van der Waals surface area contributed by atoms with Gasteiger partial charge in [0.05, 0.1) is 5.60 Å². The molecule has 0 spiro atoms. The van der Waals surface area contributed by atoms with Crippen LogP contribution >= 0.6 is 15.9 Å². The molecular formula is C7H14BrNO. The summed E-state index contributed by atoms with van der Waals surface area (Å²) in [4.78, 5) is 2.27. The van der Waals surface area contributed by atoms with E-state index in [2.05, 4.69) is 20.8 Å². The maximum absolute atomic E-state index is 9.53. The van der Waals surface area contributed by atoms with Gasteiger partial charge in [-0.25, -0.2) is 0 Å². The topological polar surface area (TPSA) is 23.5 Å². The number of likely N-dealkylation sites (tertiary alicyclic amines) is 1. The van der Waals surface area contributed by atoms with Crippen LogP contribution in [0.3, 0.4) is 0 Å². The highest BCUT2D eigenvalue weighted by atomic mass is 79.9. The van der Waals surface area contributed by atoms with E-state index in [9.17, 15) is 5.11 Å². The second-order valence-electron chi connectivity index (χ2n) is 3.21. The van der Waals surface area contributed by atoms with Gasteiger partial charge in [0, 0.05) is 25.0 Å². The molecule has 2 nitrogen and oxygen atoms in total. The zero-order chi connectivity index (χ0) is 7.61. The van der Waals surface area contributed by atoms with E-state index < -0.39 is 5.60 Å². The van der Waals surface area contributed by atoms with E-state index in [1.54, 1.807) is 0 Å². The molecule has 1 saturated heterocycles. The molecule has 0 aromatic carbocycles. The number of nitrogens with zero attached hydrogens (tertiary/aromatic N) is 1. The molecule has 3 heteroatoms. The highest BCUT2D eigenvalue weighted by molar-refractivity contribution is 9.09. The van der Waals surface area contributed by atoms with Gasteiger partial charge < -0.3 is 5.11 Å². The summed E-state index contributed by atoms with van der Waals surface area (Å²) in [5.74, 6) is 0. The fourth-order valence-electron chi connectivity index (χ4n) is 1.35. The molecule has 0 saturated carbocycles. The summed E-state index contributed by atoms with van der Waals surface area (Å²) in [7, 11) is 0. The number of rotatable bonds is 2. The van der Waals surface area contributed by atoms with Gasteiger partial charge in [-0.05, 0) is 13.3 Å². The molecule has 0 radical (unpaired) electrons. The van der Waals surface area contributed by atoms with Gasteiger partial charge in [-0.2, -0.15) is 0 Å². The van der Waals surface area contributed by atoms with E-state index in [1.165, 1.54) is 0 Å². The standard InChI is InChI=1S/C7H14BrNO/c1-7(10)2-4-9(6-7)5-3-8/h10H,2-6H2,1H3. The Morgan fingerprint density at radius 3 is 2.80 bits per heavy atom. The van der Waals surface area contributed by atoms with Gasteiger partial charge in [0.25, 0.3) is 0 Å². The number of hydrogen-bond donors (Lipinski definition) is 1. The lowest BCUT2D eigenvalue weighted by Gasteiger charge is -2.17. The lowest BCUT2D eigenvalue weighted by molar-refractivity contribution is 0.0697. The van der Waals surface area contributed by atoms with Crippen molar-refractivity contribution in [3.8, 4) is 0 Å². The first-order chi connectivity index (χ1) is 4.64. The van der Waals surface area contributed by atoms with Crippen LogP contribution < -0.4 is 0 Å². The van der Waals surface area contributed by atoms with Gasteiger partial charge >= 0.3 is 0 Å². The molecule has 1 atom stereocenters. The van der Waals surface area contributed by atoms with Gasteiger partial charge in [0.2, 0.25) is 0 Å². The number of halogens is 1. The Hall–Kier alpha value is 0.400. The van der Waals surface area contributed by atoms with Crippen LogP contribution in [0.4, 0.5) is 0 Å². The summed E-state index contributed by atoms with van der Waals surface area (Å²) >= 11 is 3.37. The number of alkyl halides is 1. The SMILES string of the molecule is CC1(O)CCN(CCBr)C1. The van der Waals surface area contributed by atoms with E-state index in [4.69, 9.17) is 0 Å². The van der Waals surface area contributed by atoms with Crippen molar-refractivity contribution >= 4 is 15.9 Å². The lowest BCUT2D eigenvalue weighted by atomic mass is 10.1. The Balaban J connectivity index is 2.29. The van der Waals surface area contributed by atoms with E-state index in [-0.39, 0.29) is 0 Å². The minimum atomic E-state index is -0.428. The van der Waals surface area contributed by atoms with E-state index >= 15 is 0 Å². The Labute approximate surface area is 70.3 Å². The van der Waals surface area contributed by atoms with Crippen LogP contribution in [0.1, 0.15) is 13.3 Å². The fraction of sp³-hybridized carbons (Fsp3) is 1.00. The molecule has 0 aromatic rings. The Morgan fingerprint density at radius 1 is 1.70 bits per heavy atom. The molecule has 60 valence electrons. The van der Waals surface area contributed by atoms with Crippen molar-refractivity contribution in [1.29, 1.82) is 0 Å². The average molecular weight is 208 g/mol. The number of β-amino-alcohol motifs (C(OH)–C–C–N with tert-alkyl or cyclic N) is 1. The molecule has 1 rings (SSSR count). The molecule has 10 heavy (non-hydrogen) atoms. The molecule has 0 amide bonds. The van der Waals surface area contributed by atoms with Crippen LogP contribution in [-0.2, 0) is 0 Å². The van der Waals surface area contributed by atoms with Crippen LogP contribution in [0.15, 0.2) is 0 Å². The van der Waals surface area contributed by atoms with Crippen LogP contribution in [0.2, 0.25) is 0 Å². The second kappa shape index (κ2) is 3.20. The summed E-state index contributed by atoms with van der Waals surface area (Å²) in [6, 6.07) is 0. The van der Waals surface area contributed by atoms with Crippen molar-refractivity contribution in [2.45, 2.75) is 18.9 Å². The zero-order valence-electron chi connectivity index (χ0n) is 6.31. The third-order valence-electron chi connectivity index (χ3n) is 1.93. The van der Waals surface area contributed by atoms with Crippen LogP contribution in [0.25, 0.3) is 0 Å². The summed E-state index contributed by atoms with van der Waals surface area (Å²) in [6.45, 7) is 4.83. The van der Waals surface area contributed by atoms with Crippen molar-refractivity contribution in [1.82, 2.24) is 4.90 Å². The monoisotopic (exact) mass is 207 g/mol. The third-order valence-corrected chi connectivity index (χ3v) is 2.29. The molecule has 1 unspecified atom stereocenters. The molecule has 1 aliphatic heterocycles. The first kappa shape index (κ1) is 8.50. The third kappa shape index (κ3) is 2.22. The summed E-state index contributed by atoms with van der Waals surface area (Å²) < 4.78 is 0. The van der Waals surface area contributed by atoms with Gasteiger partial charge in [0.1, 0.15) is 0 Å². The van der Waals surface area contributed by atoms with Crippen molar-refractivity contribution in [2.24, 2.45) is 0 Å². The molecule has 0 bridgehead atoms. The minimum absolute atomic E-state index is 0.428. The largest absolute Gasteiger partial charge is 0.389 e. The van der Waals surface area contributed by atoms with E-state index in [0.717, 1.165) is 31.4 Å². The molecule has 1 heterocycles. The first-order valence-electron chi connectivity index (χ1n) is 3.65. The fourth-order valence-corrected chi connectivity index (χ4v) is 1.85. The van der Waals surface area contributed by atoms with Gasteiger partial charge in [-0.15, -0.1) is 0 Å². The summed E-state index contributed by atoms with van der Waals surface area (Å²) in [5.41, 5.74) is -0.428. The smallest absolute Gasteiger partial charge is 0.0758 e. The maximum Gasteiger partial charge on any atom is 0.0758 e. The minimum Gasteiger partial charge on any atom is -0.389 e. The highest BCUT2D eigenvalue weighted by Crippen LogP contribution is 2.19. The van der Waals surface area contributed by atoms with Crippen molar-refractivity contribution in [2.75, 3.05) is 25.0 Å². The normalized spacial score (nSPS) is 35.1.